The van der Waals surface area contributed by atoms with Crippen LogP contribution in [-0.2, 0) is 6.42 Å². The van der Waals surface area contributed by atoms with Gasteiger partial charge < -0.3 is 14.9 Å². The molecule has 1 unspecified atom stereocenters. The summed E-state index contributed by atoms with van der Waals surface area (Å²) in [5.41, 5.74) is 5.41. The maximum Gasteiger partial charge on any atom is 0.256 e. The van der Waals surface area contributed by atoms with E-state index >= 15 is 0 Å². The molecule has 0 amide bonds. The highest BCUT2D eigenvalue weighted by atomic mass is 35.5. The van der Waals surface area contributed by atoms with Crippen LogP contribution < -0.4 is 10.5 Å². The molecule has 0 saturated heterocycles. The zero-order chi connectivity index (χ0) is 13.0. The van der Waals surface area contributed by atoms with E-state index in [9.17, 15) is 0 Å². The molecule has 0 radical (unpaired) electrons. The third kappa shape index (κ3) is 3.21. The second-order valence-electron chi connectivity index (χ2n) is 3.79. The Bertz CT molecular complexity index is 516. The van der Waals surface area contributed by atoms with Gasteiger partial charge in [-0.1, -0.05) is 17.7 Å². The Labute approximate surface area is 110 Å². The van der Waals surface area contributed by atoms with Crippen molar-refractivity contribution < 1.29 is 9.15 Å². The number of benzene rings is 1. The molecule has 0 aliphatic heterocycles. The largest absolute Gasteiger partial charge is 0.481 e. The zero-order valence-corrected chi connectivity index (χ0v) is 10.7. The highest BCUT2D eigenvalue weighted by Crippen LogP contribution is 2.23. The maximum absolute atomic E-state index is 5.87. The van der Waals surface area contributed by atoms with E-state index in [-0.39, 0.29) is 6.10 Å². The Hall–Kier alpha value is -1.59. The van der Waals surface area contributed by atoms with Gasteiger partial charge in [0, 0.05) is 18.0 Å². The quantitative estimate of drug-likeness (QED) is 0.900. The van der Waals surface area contributed by atoms with Gasteiger partial charge in [0.15, 0.2) is 6.10 Å². The Morgan fingerprint density at radius 1 is 1.44 bits per heavy atom. The van der Waals surface area contributed by atoms with Gasteiger partial charge in [0.25, 0.3) is 5.89 Å². The van der Waals surface area contributed by atoms with Gasteiger partial charge in [-0.3, -0.25) is 0 Å². The fourth-order valence-corrected chi connectivity index (χ4v) is 1.63. The van der Waals surface area contributed by atoms with Crippen molar-refractivity contribution in [3.8, 4) is 5.75 Å². The molecule has 0 aliphatic rings. The van der Waals surface area contributed by atoms with Gasteiger partial charge in [-0.2, -0.15) is 0 Å². The smallest absolute Gasteiger partial charge is 0.256 e. The van der Waals surface area contributed by atoms with Crippen LogP contribution in [0.5, 0.6) is 5.75 Å². The summed E-state index contributed by atoms with van der Waals surface area (Å²) in [7, 11) is 0. The minimum absolute atomic E-state index is 0.331. The van der Waals surface area contributed by atoms with Gasteiger partial charge >= 0.3 is 0 Å². The Kier molecular flexibility index (Phi) is 4.17. The molecular weight excluding hydrogens is 254 g/mol. The summed E-state index contributed by atoms with van der Waals surface area (Å²) in [6.07, 6.45) is 0.235. The van der Waals surface area contributed by atoms with Crippen molar-refractivity contribution in [1.29, 1.82) is 0 Å². The molecule has 18 heavy (non-hydrogen) atoms. The fourth-order valence-electron chi connectivity index (χ4n) is 1.45. The minimum Gasteiger partial charge on any atom is -0.481 e. The SMILES string of the molecule is CC(Oc1cccc(Cl)c1)c1nnc(CCN)o1. The summed E-state index contributed by atoms with van der Waals surface area (Å²) in [6.45, 7) is 2.31. The molecule has 5 nitrogen and oxygen atoms in total. The molecule has 0 fully saturated rings. The Morgan fingerprint density at radius 3 is 3.00 bits per heavy atom. The van der Waals surface area contributed by atoms with Crippen LogP contribution in [0.15, 0.2) is 28.7 Å². The zero-order valence-electron chi connectivity index (χ0n) is 9.97. The van der Waals surface area contributed by atoms with Gasteiger partial charge in [0.1, 0.15) is 5.75 Å². The first-order valence-corrected chi connectivity index (χ1v) is 6.01. The number of ether oxygens (including phenoxy) is 1. The lowest BCUT2D eigenvalue weighted by Gasteiger charge is -2.10. The first-order valence-electron chi connectivity index (χ1n) is 5.63. The highest BCUT2D eigenvalue weighted by molar-refractivity contribution is 6.30. The number of nitrogens with zero attached hydrogens (tertiary/aromatic N) is 2. The number of hydrogen-bond acceptors (Lipinski definition) is 5. The molecule has 0 aliphatic carbocycles. The summed E-state index contributed by atoms with van der Waals surface area (Å²) in [5, 5.41) is 8.43. The molecule has 96 valence electrons. The molecule has 2 aromatic rings. The molecule has 1 aromatic heterocycles. The van der Waals surface area contributed by atoms with E-state index in [2.05, 4.69) is 10.2 Å². The third-order valence-electron chi connectivity index (χ3n) is 2.30. The van der Waals surface area contributed by atoms with Crippen molar-refractivity contribution in [1.82, 2.24) is 10.2 Å². The van der Waals surface area contributed by atoms with Crippen LogP contribution in [-0.4, -0.2) is 16.7 Å². The van der Waals surface area contributed by atoms with E-state index in [1.165, 1.54) is 0 Å². The molecule has 0 saturated carbocycles. The molecule has 1 heterocycles. The van der Waals surface area contributed by atoms with E-state index in [4.69, 9.17) is 26.5 Å². The van der Waals surface area contributed by atoms with Crippen molar-refractivity contribution in [2.24, 2.45) is 5.73 Å². The molecule has 2 N–H and O–H groups in total. The predicted octanol–water partition coefficient (Wildman–Crippen LogP) is 2.36. The summed E-state index contributed by atoms with van der Waals surface area (Å²) in [6, 6.07) is 7.15. The van der Waals surface area contributed by atoms with Gasteiger partial charge in [0.05, 0.1) is 0 Å². The van der Waals surface area contributed by atoms with Crippen molar-refractivity contribution in [3.63, 3.8) is 0 Å². The lowest BCUT2D eigenvalue weighted by atomic mass is 10.3. The third-order valence-corrected chi connectivity index (χ3v) is 2.53. The highest BCUT2D eigenvalue weighted by Gasteiger charge is 2.15. The average molecular weight is 268 g/mol. The van der Waals surface area contributed by atoms with Crippen LogP contribution in [0.25, 0.3) is 0 Å². The van der Waals surface area contributed by atoms with Gasteiger partial charge in [-0.05, 0) is 25.1 Å². The van der Waals surface area contributed by atoms with Crippen molar-refractivity contribution >= 4 is 11.6 Å². The lowest BCUT2D eigenvalue weighted by molar-refractivity contribution is 0.186. The van der Waals surface area contributed by atoms with Crippen LogP contribution in [0.4, 0.5) is 0 Å². The number of hydrogen-bond donors (Lipinski definition) is 1. The second-order valence-corrected chi connectivity index (χ2v) is 4.23. The first kappa shape index (κ1) is 12.9. The van der Waals surface area contributed by atoms with Crippen LogP contribution in [0.1, 0.15) is 24.8 Å². The second kappa shape index (κ2) is 5.84. The van der Waals surface area contributed by atoms with Gasteiger partial charge in [-0.15, -0.1) is 10.2 Å². The van der Waals surface area contributed by atoms with Crippen LogP contribution in [0.2, 0.25) is 5.02 Å². The standard InChI is InChI=1S/C12H14ClN3O2/c1-8(12-16-15-11(18-12)5-6-14)17-10-4-2-3-9(13)7-10/h2-4,7-8H,5-6,14H2,1H3. The first-order chi connectivity index (χ1) is 8.69. The minimum atomic E-state index is -0.331. The molecule has 0 bridgehead atoms. The van der Waals surface area contributed by atoms with Crippen LogP contribution in [0, 0.1) is 0 Å². The Morgan fingerprint density at radius 2 is 2.28 bits per heavy atom. The number of nitrogens with two attached hydrogens (primary N) is 1. The van der Waals surface area contributed by atoms with Gasteiger partial charge in [0.2, 0.25) is 5.89 Å². The Balaban J connectivity index is 2.04. The topological polar surface area (TPSA) is 74.2 Å². The van der Waals surface area contributed by atoms with Crippen molar-refractivity contribution in [2.45, 2.75) is 19.4 Å². The molecule has 6 heteroatoms. The molecular formula is C12H14ClN3O2. The summed E-state index contributed by atoms with van der Waals surface area (Å²) in [5.74, 6) is 1.61. The number of rotatable bonds is 5. The van der Waals surface area contributed by atoms with E-state index in [1.54, 1.807) is 12.1 Å². The lowest BCUT2D eigenvalue weighted by Crippen LogP contribution is -2.03. The molecule has 1 atom stereocenters. The molecule has 2 rings (SSSR count). The molecule has 1 aromatic carbocycles. The van der Waals surface area contributed by atoms with Crippen molar-refractivity contribution in [2.75, 3.05) is 6.54 Å². The van der Waals surface area contributed by atoms with E-state index < -0.39 is 0 Å². The monoisotopic (exact) mass is 267 g/mol. The van der Waals surface area contributed by atoms with Gasteiger partial charge in [-0.25, -0.2) is 0 Å². The van der Waals surface area contributed by atoms with Crippen LogP contribution in [0.3, 0.4) is 0 Å². The summed E-state index contributed by atoms with van der Waals surface area (Å²) >= 11 is 5.87. The number of aromatic nitrogens is 2. The fraction of sp³-hybridized carbons (Fsp3) is 0.333. The van der Waals surface area contributed by atoms with E-state index in [0.29, 0.717) is 35.5 Å². The normalized spacial score (nSPS) is 12.4. The van der Waals surface area contributed by atoms with Crippen molar-refractivity contribution in [3.05, 3.63) is 41.1 Å². The van der Waals surface area contributed by atoms with E-state index in [0.717, 1.165) is 0 Å². The summed E-state index contributed by atoms with van der Waals surface area (Å²) in [4.78, 5) is 0. The molecule has 0 spiro atoms. The van der Waals surface area contributed by atoms with Crippen LogP contribution >= 0.6 is 11.6 Å². The number of halogens is 1. The predicted molar refractivity (Wildman–Crippen MR) is 67.6 cm³/mol. The van der Waals surface area contributed by atoms with E-state index in [1.807, 2.05) is 19.1 Å². The summed E-state index contributed by atoms with van der Waals surface area (Å²) < 4.78 is 11.1. The average Bonchev–Trinajstić information content (AvgIpc) is 2.78. The maximum atomic E-state index is 5.87.